The molecule has 0 saturated carbocycles. The summed E-state index contributed by atoms with van der Waals surface area (Å²) in [6.45, 7) is 0.281. The van der Waals surface area contributed by atoms with Crippen LogP contribution in [0, 0.1) is 0 Å². The molecule has 7 heavy (non-hydrogen) atoms. The average Bonchev–Trinajstić information content (AvgIpc) is 2.14. The third kappa shape index (κ3) is 0.669. The summed E-state index contributed by atoms with van der Waals surface area (Å²) in [5.41, 5.74) is 0.333. The predicted octanol–water partition coefficient (Wildman–Crippen LogP) is -0.240. The Hall–Kier alpha value is -1.08. The van der Waals surface area contributed by atoms with Gasteiger partial charge in [0, 0.05) is 0 Å². The van der Waals surface area contributed by atoms with Crippen molar-refractivity contribution < 1.29 is 9.53 Å². The van der Waals surface area contributed by atoms with Crippen LogP contribution in [0.25, 0.3) is 0 Å². The fourth-order valence-corrected chi connectivity index (χ4v) is 0.310. The molecule has 0 amide bonds. The Morgan fingerprint density at radius 3 is 3.14 bits per heavy atom. The minimum atomic E-state index is 0.281. The van der Waals surface area contributed by atoms with E-state index >= 15 is 0 Å². The van der Waals surface area contributed by atoms with Gasteiger partial charge in [-0.3, -0.25) is 0 Å². The molecule has 36 valence electrons. The molecule has 0 N–H and O–H groups in total. The van der Waals surface area contributed by atoms with Crippen molar-refractivity contribution >= 4 is 12.3 Å². The summed E-state index contributed by atoms with van der Waals surface area (Å²) in [4.78, 5) is 13.2. The van der Waals surface area contributed by atoms with E-state index in [0.29, 0.717) is 5.70 Å². The van der Waals surface area contributed by atoms with Crippen molar-refractivity contribution in [3.63, 3.8) is 0 Å². The fourth-order valence-electron chi connectivity index (χ4n) is 0.310. The Kier molecular flexibility index (Phi) is 0.922. The molecule has 0 bridgehead atoms. The van der Waals surface area contributed by atoms with Crippen molar-refractivity contribution in [3.8, 4) is 0 Å². The van der Waals surface area contributed by atoms with Crippen LogP contribution in [0.2, 0.25) is 0 Å². The fraction of sp³-hybridized carbons (Fsp3) is 0.250. The maximum atomic E-state index is 9.65. The first-order valence-electron chi connectivity index (χ1n) is 1.81. The molecule has 1 rings (SSSR count). The Morgan fingerprint density at radius 1 is 2.00 bits per heavy atom. The maximum Gasteiger partial charge on any atom is 0.175 e. The molecule has 0 fully saturated rings. The number of nitrogens with zero attached hydrogens (tertiary/aromatic N) is 1. The number of hydrogen-bond donors (Lipinski definition) is 0. The first-order chi connectivity index (χ1) is 3.43. The van der Waals surface area contributed by atoms with Gasteiger partial charge in [-0.05, 0) is 0 Å². The monoisotopic (exact) mass is 97.0 g/mol. The van der Waals surface area contributed by atoms with Gasteiger partial charge in [-0.1, -0.05) is 0 Å². The molecule has 0 radical (unpaired) electrons. The van der Waals surface area contributed by atoms with Crippen molar-refractivity contribution in [1.82, 2.24) is 0 Å². The quantitative estimate of drug-likeness (QED) is 0.391. The van der Waals surface area contributed by atoms with Gasteiger partial charge in [-0.2, -0.15) is 0 Å². The zero-order valence-corrected chi connectivity index (χ0v) is 3.55. The largest absolute Gasteiger partial charge is 0.476 e. The molecular formula is C4H3NO2. The van der Waals surface area contributed by atoms with E-state index in [2.05, 4.69) is 9.73 Å². The normalized spacial score (nSPS) is 16.3. The van der Waals surface area contributed by atoms with Gasteiger partial charge in [0.15, 0.2) is 18.0 Å². The van der Waals surface area contributed by atoms with Gasteiger partial charge < -0.3 is 4.74 Å². The molecule has 0 saturated heterocycles. The molecule has 0 atom stereocenters. The molecule has 0 unspecified atom stereocenters. The summed E-state index contributed by atoms with van der Waals surface area (Å²) in [5.74, 6) is 1.61. The molecule has 0 aromatic carbocycles. The van der Waals surface area contributed by atoms with Crippen LogP contribution < -0.4 is 0 Å². The Labute approximate surface area is 40.3 Å². The van der Waals surface area contributed by atoms with Gasteiger partial charge in [-0.25, -0.2) is 9.79 Å². The molecule has 1 heterocycles. The molecular weight excluding hydrogens is 94.0 g/mol. The number of aliphatic imine (C=N–C) groups is 1. The number of rotatable bonds is 0. The second-order valence-electron chi connectivity index (χ2n) is 1.09. The van der Waals surface area contributed by atoms with E-state index in [-0.39, 0.29) is 6.61 Å². The molecule has 0 aromatic rings. The standard InChI is InChI=1S/C4H3NO2/c6-1-4-2-7-3-5-4/h3H,2H2. The van der Waals surface area contributed by atoms with Crippen LogP contribution in [0.1, 0.15) is 0 Å². The smallest absolute Gasteiger partial charge is 0.175 e. The lowest BCUT2D eigenvalue weighted by molar-refractivity contribution is 0.379. The third-order valence-electron chi connectivity index (χ3n) is 0.621. The highest BCUT2D eigenvalue weighted by molar-refractivity contribution is 5.62. The summed E-state index contributed by atoms with van der Waals surface area (Å²) in [6, 6.07) is 0. The molecule has 3 nitrogen and oxygen atoms in total. The van der Waals surface area contributed by atoms with Crippen LogP contribution in [-0.2, 0) is 9.53 Å². The Balaban J connectivity index is 2.77. The highest BCUT2D eigenvalue weighted by atomic mass is 16.5. The summed E-state index contributed by atoms with van der Waals surface area (Å²) in [6.07, 6.45) is 1.24. The highest BCUT2D eigenvalue weighted by Crippen LogP contribution is 1.95. The lowest BCUT2D eigenvalue weighted by Crippen LogP contribution is -1.81. The molecule has 1 aliphatic heterocycles. The van der Waals surface area contributed by atoms with Crippen LogP contribution in [0.4, 0.5) is 0 Å². The first-order valence-corrected chi connectivity index (χ1v) is 1.81. The van der Waals surface area contributed by atoms with Gasteiger partial charge in [0.2, 0.25) is 0 Å². The number of hydrogen-bond acceptors (Lipinski definition) is 3. The third-order valence-corrected chi connectivity index (χ3v) is 0.621. The van der Waals surface area contributed by atoms with Crippen molar-refractivity contribution in [1.29, 1.82) is 0 Å². The minimum absolute atomic E-state index is 0.281. The SMILES string of the molecule is O=C=C1COC=N1. The zero-order chi connectivity index (χ0) is 5.11. The Bertz CT molecular complexity index is 144. The van der Waals surface area contributed by atoms with Gasteiger partial charge in [0.25, 0.3) is 0 Å². The molecule has 0 spiro atoms. The van der Waals surface area contributed by atoms with Gasteiger partial charge in [0.1, 0.15) is 6.61 Å². The minimum Gasteiger partial charge on any atom is -0.476 e. The van der Waals surface area contributed by atoms with Crippen LogP contribution in [0.5, 0.6) is 0 Å². The lowest BCUT2D eigenvalue weighted by Gasteiger charge is -1.78. The summed E-state index contributed by atoms with van der Waals surface area (Å²) in [5, 5.41) is 0. The summed E-state index contributed by atoms with van der Waals surface area (Å²) in [7, 11) is 0. The van der Waals surface area contributed by atoms with Crippen molar-refractivity contribution in [3.05, 3.63) is 5.70 Å². The highest BCUT2D eigenvalue weighted by Gasteiger charge is 1.98. The van der Waals surface area contributed by atoms with E-state index < -0.39 is 0 Å². The van der Waals surface area contributed by atoms with Crippen LogP contribution in [0.15, 0.2) is 10.7 Å². The Morgan fingerprint density at radius 2 is 2.86 bits per heavy atom. The van der Waals surface area contributed by atoms with E-state index in [1.807, 2.05) is 0 Å². The second-order valence-corrected chi connectivity index (χ2v) is 1.09. The summed E-state index contributed by atoms with van der Waals surface area (Å²) >= 11 is 0. The predicted molar refractivity (Wildman–Crippen MR) is 23.7 cm³/mol. The van der Waals surface area contributed by atoms with E-state index in [9.17, 15) is 4.79 Å². The van der Waals surface area contributed by atoms with Crippen molar-refractivity contribution in [2.24, 2.45) is 4.99 Å². The van der Waals surface area contributed by atoms with E-state index in [4.69, 9.17) is 0 Å². The molecule has 1 aliphatic rings. The van der Waals surface area contributed by atoms with Crippen molar-refractivity contribution in [2.45, 2.75) is 0 Å². The topological polar surface area (TPSA) is 38.7 Å². The zero-order valence-electron chi connectivity index (χ0n) is 3.55. The lowest BCUT2D eigenvalue weighted by atomic mass is 10.6. The maximum absolute atomic E-state index is 9.65. The number of ether oxygens (including phenoxy) is 1. The molecule has 0 aliphatic carbocycles. The van der Waals surface area contributed by atoms with E-state index in [0.717, 1.165) is 0 Å². The van der Waals surface area contributed by atoms with Crippen molar-refractivity contribution in [2.75, 3.05) is 6.61 Å². The van der Waals surface area contributed by atoms with E-state index in [1.54, 1.807) is 5.94 Å². The second kappa shape index (κ2) is 1.58. The van der Waals surface area contributed by atoms with Crippen LogP contribution >= 0.6 is 0 Å². The van der Waals surface area contributed by atoms with Crippen LogP contribution in [-0.4, -0.2) is 18.9 Å². The average molecular weight is 97.1 g/mol. The van der Waals surface area contributed by atoms with Gasteiger partial charge in [0.05, 0.1) is 0 Å². The van der Waals surface area contributed by atoms with E-state index in [1.165, 1.54) is 6.40 Å². The number of carbonyl (C=O) groups excluding carboxylic acids is 1. The van der Waals surface area contributed by atoms with Gasteiger partial charge in [-0.15, -0.1) is 0 Å². The molecule has 0 aromatic heterocycles. The van der Waals surface area contributed by atoms with Gasteiger partial charge >= 0.3 is 0 Å². The summed E-state index contributed by atoms with van der Waals surface area (Å²) < 4.78 is 4.56. The van der Waals surface area contributed by atoms with Crippen LogP contribution in [0.3, 0.4) is 0 Å². The molecule has 3 heteroatoms. The first kappa shape index (κ1) is 4.09.